The van der Waals surface area contributed by atoms with Gasteiger partial charge in [-0.3, -0.25) is 0 Å². The van der Waals surface area contributed by atoms with Crippen molar-refractivity contribution in [1.82, 2.24) is 9.97 Å². The van der Waals surface area contributed by atoms with E-state index in [0.717, 1.165) is 11.3 Å². The molecule has 0 saturated carbocycles. The number of ether oxygens (including phenoxy) is 1. The highest BCUT2D eigenvalue weighted by molar-refractivity contribution is 6.29. The SMILES string of the molecule is CO[C@H](C)c1nc(Cl)cc(-c2cccc(C)c2)n1. The van der Waals surface area contributed by atoms with Crippen LogP contribution in [0.25, 0.3) is 11.3 Å². The van der Waals surface area contributed by atoms with Crippen LogP contribution in [0, 0.1) is 6.92 Å². The van der Waals surface area contributed by atoms with E-state index >= 15 is 0 Å². The van der Waals surface area contributed by atoms with Crippen LogP contribution in [0.4, 0.5) is 0 Å². The smallest absolute Gasteiger partial charge is 0.159 e. The molecule has 1 aromatic carbocycles. The monoisotopic (exact) mass is 262 g/mol. The average molecular weight is 263 g/mol. The lowest BCUT2D eigenvalue weighted by Crippen LogP contribution is -2.04. The number of methoxy groups -OCH3 is 1. The Balaban J connectivity index is 2.48. The molecule has 1 atom stereocenters. The molecule has 0 aliphatic carbocycles. The predicted octanol–water partition coefficient (Wildman–Crippen LogP) is 3.81. The van der Waals surface area contributed by atoms with Gasteiger partial charge in [0, 0.05) is 18.7 Å². The molecule has 0 radical (unpaired) electrons. The molecule has 0 amide bonds. The molecule has 0 saturated heterocycles. The van der Waals surface area contributed by atoms with E-state index < -0.39 is 0 Å². The minimum Gasteiger partial charge on any atom is -0.374 e. The number of rotatable bonds is 3. The maximum absolute atomic E-state index is 6.03. The van der Waals surface area contributed by atoms with E-state index in [1.165, 1.54) is 5.56 Å². The van der Waals surface area contributed by atoms with Gasteiger partial charge in [0.25, 0.3) is 0 Å². The van der Waals surface area contributed by atoms with Gasteiger partial charge in [0.15, 0.2) is 5.82 Å². The first-order valence-electron chi connectivity index (χ1n) is 5.74. The molecular weight excluding hydrogens is 248 g/mol. The Labute approximate surface area is 112 Å². The Morgan fingerprint density at radius 3 is 2.67 bits per heavy atom. The van der Waals surface area contributed by atoms with Crippen molar-refractivity contribution in [2.45, 2.75) is 20.0 Å². The number of halogens is 1. The van der Waals surface area contributed by atoms with Gasteiger partial charge in [0.2, 0.25) is 0 Å². The van der Waals surface area contributed by atoms with Gasteiger partial charge in [-0.2, -0.15) is 0 Å². The summed E-state index contributed by atoms with van der Waals surface area (Å²) < 4.78 is 5.22. The van der Waals surface area contributed by atoms with Gasteiger partial charge in [-0.05, 0) is 19.9 Å². The van der Waals surface area contributed by atoms with Crippen LogP contribution < -0.4 is 0 Å². The van der Waals surface area contributed by atoms with Crippen LogP contribution in [0.5, 0.6) is 0 Å². The summed E-state index contributed by atoms with van der Waals surface area (Å²) in [6.45, 7) is 3.94. The standard InChI is InChI=1S/C14H15ClN2O/c1-9-5-4-6-11(7-9)12-8-13(15)17-14(16-12)10(2)18-3/h4-8,10H,1-3H3/t10-/m1/s1. The molecule has 3 nitrogen and oxygen atoms in total. The molecule has 1 aromatic heterocycles. The summed E-state index contributed by atoms with van der Waals surface area (Å²) in [5, 5.41) is 0.431. The zero-order chi connectivity index (χ0) is 13.1. The van der Waals surface area contributed by atoms with E-state index in [1.807, 2.05) is 32.0 Å². The van der Waals surface area contributed by atoms with Crippen LogP contribution in [0.3, 0.4) is 0 Å². The van der Waals surface area contributed by atoms with Gasteiger partial charge in [0.1, 0.15) is 11.3 Å². The first-order chi connectivity index (χ1) is 8.60. The highest BCUT2D eigenvalue weighted by Crippen LogP contribution is 2.23. The number of hydrogen-bond donors (Lipinski definition) is 0. The Bertz CT molecular complexity index is 557. The van der Waals surface area contributed by atoms with Crippen LogP contribution in [-0.4, -0.2) is 17.1 Å². The van der Waals surface area contributed by atoms with Crippen molar-refractivity contribution in [2.24, 2.45) is 0 Å². The second-order valence-electron chi connectivity index (χ2n) is 4.18. The molecule has 0 bridgehead atoms. The van der Waals surface area contributed by atoms with Crippen molar-refractivity contribution < 1.29 is 4.74 Å². The number of nitrogens with zero attached hydrogens (tertiary/aromatic N) is 2. The lowest BCUT2D eigenvalue weighted by Gasteiger charge is -2.10. The van der Waals surface area contributed by atoms with Crippen LogP contribution in [0.2, 0.25) is 5.15 Å². The summed E-state index contributed by atoms with van der Waals surface area (Å²) in [6, 6.07) is 9.89. The topological polar surface area (TPSA) is 35.0 Å². The van der Waals surface area contributed by atoms with Crippen molar-refractivity contribution in [3.8, 4) is 11.3 Å². The highest BCUT2D eigenvalue weighted by Gasteiger charge is 2.11. The summed E-state index contributed by atoms with van der Waals surface area (Å²) in [7, 11) is 1.63. The molecule has 0 unspecified atom stereocenters. The summed E-state index contributed by atoms with van der Waals surface area (Å²) in [4.78, 5) is 8.68. The minimum absolute atomic E-state index is 0.174. The normalized spacial score (nSPS) is 12.4. The zero-order valence-corrected chi connectivity index (χ0v) is 11.4. The van der Waals surface area contributed by atoms with Gasteiger partial charge < -0.3 is 4.74 Å². The Morgan fingerprint density at radius 2 is 2.00 bits per heavy atom. The number of benzene rings is 1. The maximum atomic E-state index is 6.03. The lowest BCUT2D eigenvalue weighted by molar-refractivity contribution is 0.112. The molecule has 0 spiro atoms. The van der Waals surface area contributed by atoms with Crippen LogP contribution in [0.1, 0.15) is 24.4 Å². The fraction of sp³-hybridized carbons (Fsp3) is 0.286. The average Bonchev–Trinajstić information content (AvgIpc) is 2.37. The predicted molar refractivity (Wildman–Crippen MR) is 72.6 cm³/mol. The fourth-order valence-electron chi connectivity index (χ4n) is 1.67. The first-order valence-corrected chi connectivity index (χ1v) is 6.12. The highest BCUT2D eigenvalue weighted by atomic mass is 35.5. The Kier molecular flexibility index (Phi) is 3.94. The second kappa shape index (κ2) is 5.46. The minimum atomic E-state index is -0.174. The number of hydrogen-bond acceptors (Lipinski definition) is 3. The molecule has 1 heterocycles. The molecule has 0 aliphatic rings. The van der Waals surface area contributed by atoms with Crippen LogP contribution in [0.15, 0.2) is 30.3 Å². The third-order valence-corrected chi connectivity index (χ3v) is 2.94. The van der Waals surface area contributed by atoms with Crippen molar-refractivity contribution in [2.75, 3.05) is 7.11 Å². The van der Waals surface area contributed by atoms with E-state index in [1.54, 1.807) is 13.2 Å². The molecule has 0 fully saturated rings. The second-order valence-corrected chi connectivity index (χ2v) is 4.57. The van der Waals surface area contributed by atoms with Gasteiger partial charge in [-0.25, -0.2) is 9.97 Å². The van der Waals surface area contributed by atoms with Crippen molar-refractivity contribution >= 4 is 11.6 Å². The molecule has 0 N–H and O–H groups in total. The van der Waals surface area contributed by atoms with Gasteiger partial charge in [-0.1, -0.05) is 35.4 Å². The van der Waals surface area contributed by atoms with Crippen molar-refractivity contribution in [3.05, 3.63) is 46.9 Å². The molecule has 18 heavy (non-hydrogen) atoms. The van der Waals surface area contributed by atoms with E-state index in [9.17, 15) is 0 Å². The molecule has 2 aromatic rings. The molecule has 2 rings (SSSR count). The third-order valence-electron chi connectivity index (χ3n) is 2.74. The summed E-state index contributed by atoms with van der Waals surface area (Å²) >= 11 is 6.03. The first kappa shape index (κ1) is 13.0. The quantitative estimate of drug-likeness (QED) is 0.789. The lowest BCUT2D eigenvalue weighted by atomic mass is 10.1. The molecule has 94 valence electrons. The largest absolute Gasteiger partial charge is 0.374 e. The zero-order valence-electron chi connectivity index (χ0n) is 10.6. The molecule has 4 heteroatoms. The fourth-order valence-corrected chi connectivity index (χ4v) is 1.86. The molecular formula is C14H15ClN2O. The van der Waals surface area contributed by atoms with Crippen molar-refractivity contribution in [1.29, 1.82) is 0 Å². The van der Waals surface area contributed by atoms with Gasteiger partial charge in [0.05, 0.1) is 5.69 Å². The Morgan fingerprint density at radius 1 is 1.22 bits per heavy atom. The van der Waals surface area contributed by atoms with E-state index in [-0.39, 0.29) is 6.10 Å². The van der Waals surface area contributed by atoms with Gasteiger partial charge >= 0.3 is 0 Å². The van der Waals surface area contributed by atoms with Crippen molar-refractivity contribution in [3.63, 3.8) is 0 Å². The number of aryl methyl sites for hydroxylation is 1. The maximum Gasteiger partial charge on any atom is 0.159 e. The number of aromatic nitrogens is 2. The molecule has 0 aliphatic heterocycles. The summed E-state index contributed by atoms with van der Waals surface area (Å²) in [5.74, 6) is 0.599. The van der Waals surface area contributed by atoms with E-state index in [2.05, 4.69) is 16.0 Å². The van der Waals surface area contributed by atoms with Crippen LogP contribution >= 0.6 is 11.6 Å². The van der Waals surface area contributed by atoms with Gasteiger partial charge in [-0.15, -0.1) is 0 Å². The van der Waals surface area contributed by atoms with E-state index in [4.69, 9.17) is 16.3 Å². The van der Waals surface area contributed by atoms with Crippen LogP contribution in [-0.2, 0) is 4.74 Å². The summed E-state index contributed by atoms with van der Waals surface area (Å²) in [6.07, 6.45) is -0.174. The van der Waals surface area contributed by atoms with E-state index in [0.29, 0.717) is 11.0 Å². The third kappa shape index (κ3) is 2.86. The Hall–Kier alpha value is -1.45. The summed E-state index contributed by atoms with van der Waals surface area (Å²) in [5.41, 5.74) is 3.03.